The fourth-order valence-electron chi connectivity index (χ4n) is 1.72. The number of hydrogen-bond acceptors (Lipinski definition) is 4. The van der Waals surface area contributed by atoms with E-state index in [1.807, 2.05) is 0 Å². The first-order valence-electron chi connectivity index (χ1n) is 4.95. The van der Waals surface area contributed by atoms with Crippen LogP contribution >= 0.6 is 24.2 Å². The maximum atomic E-state index is 9.40. The number of aliphatic hydroxyl groups excluding tert-OH is 1. The first-order valence-corrected chi connectivity index (χ1v) is 5.77. The standard InChI is InChI=1S/C10H13ClN2OS.Na/c11-9-8(15)1-4-12-10(9)13-5-2-7(14)3-6-13;/h1,4,7,14H,2-3,5-6H2,(H,12,15);. The van der Waals surface area contributed by atoms with Gasteiger partial charge in [-0.1, -0.05) is 11.6 Å². The number of thiol groups is 1. The van der Waals surface area contributed by atoms with Gasteiger partial charge in [-0.2, -0.15) is 0 Å². The molecule has 2 rings (SSSR count). The van der Waals surface area contributed by atoms with Gasteiger partial charge in [0.15, 0.2) is 0 Å². The Balaban J connectivity index is 0.00000128. The van der Waals surface area contributed by atoms with E-state index in [-0.39, 0.29) is 35.7 Å². The van der Waals surface area contributed by atoms with Gasteiger partial charge in [0.1, 0.15) is 5.82 Å². The number of piperidine rings is 1. The molecule has 83 valence electrons. The minimum Gasteiger partial charge on any atom is -0.393 e. The van der Waals surface area contributed by atoms with Crippen LogP contribution in [-0.2, 0) is 0 Å². The van der Waals surface area contributed by atoms with Crippen LogP contribution < -0.4 is 4.90 Å². The topological polar surface area (TPSA) is 36.4 Å². The fraction of sp³-hybridized carbons (Fsp3) is 0.500. The van der Waals surface area contributed by atoms with Crippen molar-refractivity contribution < 1.29 is 5.11 Å². The molecule has 0 bridgehead atoms. The number of hydrogen-bond donors (Lipinski definition) is 2. The van der Waals surface area contributed by atoms with Gasteiger partial charge in [-0.05, 0) is 18.9 Å². The smallest absolute Gasteiger partial charge is 0.148 e. The SMILES string of the molecule is OC1CCN(c2nccc(S)c2Cl)CC1.[Na]. The summed E-state index contributed by atoms with van der Waals surface area (Å²) in [4.78, 5) is 7.09. The summed E-state index contributed by atoms with van der Waals surface area (Å²) in [7, 11) is 0. The van der Waals surface area contributed by atoms with Gasteiger partial charge in [0, 0.05) is 53.7 Å². The van der Waals surface area contributed by atoms with E-state index in [2.05, 4.69) is 22.5 Å². The number of halogens is 1. The van der Waals surface area contributed by atoms with Crippen molar-refractivity contribution in [1.82, 2.24) is 4.98 Å². The third kappa shape index (κ3) is 3.28. The van der Waals surface area contributed by atoms with E-state index in [9.17, 15) is 5.11 Å². The number of aromatic nitrogens is 1. The number of aliphatic hydroxyl groups is 1. The van der Waals surface area contributed by atoms with Crippen molar-refractivity contribution in [3.05, 3.63) is 17.3 Å². The number of anilines is 1. The van der Waals surface area contributed by atoms with Crippen molar-refractivity contribution in [2.24, 2.45) is 0 Å². The summed E-state index contributed by atoms with van der Waals surface area (Å²) in [5.41, 5.74) is 0. The van der Waals surface area contributed by atoms with E-state index in [0.717, 1.165) is 36.6 Å². The second-order valence-corrected chi connectivity index (χ2v) is 4.55. The molecule has 0 atom stereocenters. The zero-order chi connectivity index (χ0) is 10.8. The molecule has 1 saturated heterocycles. The Morgan fingerprint density at radius 3 is 2.69 bits per heavy atom. The molecule has 3 nitrogen and oxygen atoms in total. The molecule has 1 aliphatic heterocycles. The summed E-state index contributed by atoms with van der Waals surface area (Å²) in [5, 5.41) is 10.00. The van der Waals surface area contributed by atoms with Crippen molar-refractivity contribution >= 4 is 59.6 Å². The van der Waals surface area contributed by atoms with Crippen LogP contribution in [0.4, 0.5) is 5.82 Å². The molecule has 1 N–H and O–H groups in total. The summed E-state index contributed by atoms with van der Waals surface area (Å²) in [6, 6.07) is 1.77. The minimum atomic E-state index is -0.181. The molecule has 1 aromatic rings. The number of pyridine rings is 1. The first-order chi connectivity index (χ1) is 7.18. The second-order valence-electron chi connectivity index (χ2n) is 3.69. The van der Waals surface area contributed by atoms with Crippen LogP contribution in [-0.4, -0.2) is 58.8 Å². The average molecular weight is 268 g/mol. The molecule has 2 heterocycles. The van der Waals surface area contributed by atoms with Crippen LogP contribution in [0.5, 0.6) is 0 Å². The van der Waals surface area contributed by atoms with Crippen LogP contribution in [0.15, 0.2) is 17.2 Å². The van der Waals surface area contributed by atoms with Gasteiger partial charge in [0.25, 0.3) is 0 Å². The van der Waals surface area contributed by atoms with Gasteiger partial charge in [-0.15, -0.1) is 12.6 Å². The van der Waals surface area contributed by atoms with E-state index >= 15 is 0 Å². The molecule has 1 radical (unpaired) electrons. The first kappa shape index (κ1) is 14.6. The third-order valence-electron chi connectivity index (χ3n) is 2.61. The van der Waals surface area contributed by atoms with Gasteiger partial charge in [-0.3, -0.25) is 0 Å². The van der Waals surface area contributed by atoms with Crippen LogP contribution in [0.25, 0.3) is 0 Å². The Kier molecular flexibility index (Phi) is 5.91. The third-order valence-corrected chi connectivity index (χ3v) is 3.49. The largest absolute Gasteiger partial charge is 0.393 e. The van der Waals surface area contributed by atoms with Gasteiger partial charge in [0.05, 0.1) is 11.1 Å². The van der Waals surface area contributed by atoms with E-state index in [4.69, 9.17) is 11.6 Å². The van der Waals surface area contributed by atoms with E-state index in [0.29, 0.717) is 5.02 Å². The number of rotatable bonds is 1. The van der Waals surface area contributed by atoms with Crippen molar-refractivity contribution in [2.75, 3.05) is 18.0 Å². The summed E-state index contributed by atoms with van der Waals surface area (Å²) in [6.45, 7) is 1.59. The molecule has 0 amide bonds. The Morgan fingerprint density at radius 2 is 2.06 bits per heavy atom. The Hall–Kier alpha value is 0.550. The predicted octanol–water partition coefficient (Wildman–Crippen LogP) is 1.60. The molecule has 16 heavy (non-hydrogen) atoms. The minimum absolute atomic E-state index is 0. The van der Waals surface area contributed by atoms with Crippen LogP contribution in [0, 0.1) is 0 Å². The zero-order valence-corrected chi connectivity index (χ0v) is 12.9. The average Bonchev–Trinajstić information content (AvgIpc) is 2.24. The molecular formula is C10H13ClN2NaOS. The van der Waals surface area contributed by atoms with Gasteiger partial charge >= 0.3 is 0 Å². The Morgan fingerprint density at radius 1 is 1.44 bits per heavy atom. The molecule has 1 aromatic heterocycles. The molecule has 0 aliphatic carbocycles. The zero-order valence-electron chi connectivity index (χ0n) is 9.23. The van der Waals surface area contributed by atoms with Crippen LogP contribution in [0.2, 0.25) is 5.02 Å². The Labute approximate surface area is 128 Å². The number of nitrogens with zero attached hydrogens (tertiary/aromatic N) is 2. The van der Waals surface area contributed by atoms with Gasteiger partial charge < -0.3 is 10.0 Å². The maximum absolute atomic E-state index is 9.40. The summed E-state index contributed by atoms with van der Waals surface area (Å²) in [6.07, 6.45) is 3.07. The van der Waals surface area contributed by atoms with Crippen LogP contribution in [0.3, 0.4) is 0 Å². The van der Waals surface area contributed by atoms with E-state index < -0.39 is 0 Å². The molecule has 6 heteroatoms. The summed E-state index contributed by atoms with van der Waals surface area (Å²) < 4.78 is 0. The summed E-state index contributed by atoms with van der Waals surface area (Å²) in [5.74, 6) is 0.774. The molecule has 1 fully saturated rings. The molecular weight excluding hydrogens is 255 g/mol. The fourth-order valence-corrected chi connectivity index (χ4v) is 2.12. The van der Waals surface area contributed by atoms with Crippen molar-refractivity contribution in [3.63, 3.8) is 0 Å². The van der Waals surface area contributed by atoms with Gasteiger partial charge in [-0.25, -0.2) is 4.98 Å². The monoisotopic (exact) mass is 267 g/mol. The van der Waals surface area contributed by atoms with Crippen LogP contribution in [0.1, 0.15) is 12.8 Å². The maximum Gasteiger partial charge on any atom is 0.148 e. The molecule has 0 spiro atoms. The van der Waals surface area contributed by atoms with Crippen molar-refractivity contribution in [1.29, 1.82) is 0 Å². The molecule has 0 unspecified atom stereocenters. The normalized spacial score (nSPS) is 17.1. The molecule has 0 saturated carbocycles. The molecule has 0 aromatic carbocycles. The quantitative estimate of drug-likeness (QED) is 0.600. The predicted molar refractivity (Wildman–Crippen MR) is 69.7 cm³/mol. The second kappa shape index (κ2) is 6.47. The summed E-state index contributed by atoms with van der Waals surface area (Å²) >= 11 is 10.4. The molecule has 1 aliphatic rings. The Bertz CT molecular complexity index is 359. The van der Waals surface area contributed by atoms with Crippen molar-refractivity contribution in [3.8, 4) is 0 Å². The van der Waals surface area contributed by atoms with E-state index in [1.54, 1.807) is 12.3 Å². The van der Waals surface area contributed by atoms with Gasteiger partial charge in [0.2, 0.25) is 0 Å². The van der Waals surface area contributed by atoms with Crippen molar-refractivity contribution in [2.45, 2.75) is 23.8 Å². The van der Waals surface area contributed by atoms with E-state index in [1.165, 1.54) is 0 Å².